The number of carbonyl (C=O) groups excluding carboxylic acids is 1. The highest BCUT2D eigenvalue weighted by molar-refractivity contribution is 6.05. The fourth-order valence-electron chi connectivity index (χ4n) is 1.97. The van der Waals surface area contributed by atoms with Gasteiger partial charge in [0.1, 0.15) is 5.82 Å². The predicted octanol–water partition coefficient (Wildman–Crippen LogP) is 1.36. The van der Waals surface area contributed by atoms with E-state index < -0.39 is 17.7 Å². The fourth-order valence-corrected chi connectivity index (χ4v) is 1.97. The summed E-state index contributed by atoms with van der Waals surface area (Å²) in [5.41, 5.74) is 1.03. The second-order valence-electron chi connectivity index (χ2n) is 3.75. The molecule has 1 heterocycles. The quantitative estimate of drug-likeness (QED) is 0.823. The number of hydrogen-bond acceptors (Lipinski definition) is 2. The Morgan fingerprint density at radius 2 is 2.25 bits per heavy atom. The highest BCUT2D eigenvalue weighted by atomic mass is 19.1. The Labute approximate surface area is 91.3 Å². The van der Waals surface area contributed by atoms with Crippen LogP contribution in [-0.4, -0.2) is 24.0 Å². The largest absolute Gasteiger partial charge is 0.481 e. The predicted molar refractivity (Wildman–Crippen MR) is 54.8 cm³/mol. The van der Waals surface area contributed by atoms with Gasteiger partial charge in [-0.1, -0.05) is 0 Å². The van der Waals surface area contributed by atoms with Crippen LogP contribution in [0.1, 0.15) is 17.9 Å². The van der Waals surface area contributed by atoms with E-state index in [-0.39, 0.29) is 12.3 Å². The fraction of sp³-hybridized carbons (Fsp3) is 0.273. The minimum atomic E-state index is -1.07. The number of fused-ring (bicyclic) bond motifs is 1. The van der Waals surface area contributed by atoms with E-state index >= 15 is 0 Å². The van der Waals surface area contributed by atoms with Crippen LogP contribution < -0.4 is 4.90 Å². The molecule has 2 rings (SSSR count). The summed E-state index contributed by atoms with van der Waals surface area (Å²) in [7, 11) is 1.56. The van der Waals surface area contributed by atoms with E-state index in [9.17, 15) is 14.0 Å². The van der Waals surface area contributed by atoms with Crippen molar-refractivity contribution in [2.75, 3.05) is 11.9 Å². The molecule has 84 valence electrons. The molecule has 0 radical (unpaired) electrons. The summed E-state index contributed by atoms with van der Waals surface area (Å²) in [5.74, 6) is -2.60. The summed E-state index contributed by atoms with van der Waals surface area (Å²) >= 11 is 0. The van der Waals surface area contributed by atoms with Gasteiger partial charge in [-0.25, -0.2) is 4.39 Å². The second kappa shape index (κ2) is 3.59. The molecule has 1 aromatic carbocycles. The number of rotatable bonds is 2. The van der Waals surface area contributed by atoms with Crippen molar-refractivity contribution in [1.82, 2.24) is 0 Å². The number of nitrogens with zero attached hydrogens (tertiary/aromatic N) is 1. The number of halogens is 1. The van der Waals surface area contributed by atoms with Gasteiger partial charge < -0.3 is 10.0 Å². The molecule has 1 amide bonds. The Bertz CT molecular complexity index is 472. The van der Waals surface area contributed by atoms with E-state index in [4.69, 9.17) is 5.11 Å². The molecule has 0 unspecified atom stereocenters. The first-order valence-corrected chi connectivity index (χ1v) is 4.79. The van der Waals surface area contributed by atoms with Gasteiger partial charge in [-0.05, 0) is 23.8 Å². The molecule has 1 aliphatic rings. The van der Waals surface area contributed by atoms with Crippen LogP contribution >= 0.6 is 0 Å². The molecule has 1 aromatic rings. The number of likely N-dealkylation sites (N-methyl/N-ethyl adjacent to an activating group) is 1. The third-order valence-corrected chi connectivity index (χ3v) is 2.73. The van der Waals surface area contributed by atoms with Crippen LogP contribution in [0.3, 0.4) is 0 Å². The van der Waals surface area contributed by atoms with E-state index in [0.717, 1.165) is 0 Å². The van der Waals surface area contributed by atoms with Gasteiger partial charge in [-0.2, -0.15) is 0 Å². The van der Waals surface area contributed by atoms with E-state index in [1.807, 2.05) is 0 Å². The molecule has 0 bridgehead atoms. The molecule has 4 nitrogen and oxygen atoms in total. The van der Waals surface area contributed by atoms with Gasteiger partial charge in [-0.3, -0.25) is 9.59 Å². The Kier molecular flexibility index (Phi) is 2.38. The highest BCUT2D eigenvalue weighted by Crippen LogP contribution is 2.38. The van der Waals surface area contributed by atoms with Gasteiger partial charge in [-0.15, -0.1) is 0 Å². The molecular weight excluding hydrogens is 213 g/mol. The van der Waals surface area contributed by atoms with E-state index in [0.29, 0.717) is 11.3 Å². The molecule has 1 N–H and O–H groups in total. The number of benzene rings is 1. The van der Waals surface area contributed by atoms with Crippen molar-refractivity contribution < 1.29 is 19.1 Å². The third kappa shape index (κ3) is 1.54. The van der Waals surface area contributed by atoms with E-state index in [2.05, 4.69) is 0 Å². The summed E-state index contributed by atoms with van der Waals surface area (Å²) in [6.07, 6.45) is -0.306. The van der Waals surface area contributed by atoms with Crippen LogP contribution in [0.15, 0.2) is 18.2 Å². The minimum absolute atomic E-state index is 0.303. The van der Waals surface area contributed by atoms with Gasteiger partial charge in [0.05, 0.1) is 12.3 Å². The van der Waals surface area contributed by atoms with E-state index in [1.165, 1.54) is 23.1 Å². The van der Waals surface area contributed by atoms with Gasteiger partial charge in [0.25, 0.3) is 0 Å². The van der Waals surface area contributed by atoms with Gasteiger partial charge in [0, 0.05) is 12.7 Å². The smallest absolute Gasteiger partial charge is 0.304 e. The van der Waals surface area contributed by atoms with Crippen LogP contribution in [0.2, 0.25) is 0 Å². The highest BCUT2D eigenvalue weighted by Gasteiger charge is 2.36. The van der Waals surface area contributed by atoms with Crippen molar-refractivity contribution in [3.63, 3.8) is 0 Å². The number of carboxylic acids is 1. The van der Waals surface area contributed by atoms with Gasteiger partial charge >= 0.3 is 5.97 Å². The molecule has 0 saturated heterocycles. The van der Waals surface area contributed by atoms with Gasteiger partial charge in [0.2, 0.25) is 5.91 Å². The minimum Gasteiger partial charge on any atom is -0.481 e. The number of carboxylic acid groups (broad SMARTS) is 1. The first kappa shape index (κ1) is 10.6. The number of hydrogen-bond donors (Lipinski definition) is 1. The summed E-state index contributed by atoms with van der Waals surface area (Å²) in [6, 6.07) is 3.97. The van der Waals surface area contributed by atoms with Crippen LogP contribution in [0.4, 0.5) is 10.1 Å². The average Bonchev–Trinajstić information content (AvgIpc) is 2.43. The van der Waals surface area contributed by atoms with Gasteiger partial charge in [0.15, 0.2) is 0 Å². The Balaban J connectivity index is 2.47. The molecule has 16 heavy (non-hydrogen) atoms. The maximum atomic E-state index is 13.0. The van der Waals surface area contributed by atoms with Crippen LogP contribution in [0.25, 0.3) is 0 Å². The SMILES string of the molecule is CN1C(=O)[C@H](CC(=O)O)c2cc(F)ccc21. The summed E-state index contributed by atoms with van der Waals surface area (Å²) in [5, 5.41) is 8.71. The first-order valence-electron chi connectivity index (χ1n) is 4.79. The zero-order chi connectivity index (χ0) is 11.9. The molecule has 1 atom stereocenters. The zero-order valence-electron chi connectivity index (χ0n) is 8.61. The molecular formula is C11H10FNO3. The number of amides is 1. The summed E-state index contributed by atoms with van der Waals surface area (Å²) in [6.45, 7) is 0. The molecule has 1 aliphatic heterocycles. The Hall–Kier alpha value is -1.91. The molecule has 0 aliphatic carbocycles. The Morgan fingerprint density at radius 3 is 2.88 bits per heavy atom. The maximum Gasteiger partial charge on any atom is 0.304 e. The van der Waals surface area contributed by atoms with Crippen molar-refractivity contribution in [2.45, 2.75) is 12.3 Å². The van der Waals surface area contributed by atoms with Crippen molar-refractivity contribution in [3.05, 3.63) is 29.6 Å². The summed E-state index contributed by atoms with van der Waals surface area (Å²) in [4.78, 5) is 23.8. The van der Waals surface area contributed by atoms with Crippen molar-refractivity contribution in [3.8, 4) is 0 Å². The molecule has 0 saturated carbocycles. The lowest BCUT2D eigenvalue weighted by Crippen LogP contribution is -2.25. The lowest BCUT2D eigenvalue weighted by Gasteiger charge is -2.09. The molecule has 0 spiro atoms. The molecule has 0 aromatic heterocycles. The number of carbonyl (C=O) groups is 2. The lowest BCUT2D eigenvalue weighted by atomic mass is 9.97. The van der Waals surface area contributed by atoms with Crippen LogP contribution in [0, 0.1) is 5.82 Å². The number of anilines is 1. The second-order valence-corrected chi connectivity index (χ2v) is 3.75. The van der Waals surface area contributed by atoms with Crippen molar-refractivity contribution >= 4 is 17.6 Å². The Morgan fingerprint density at radius 1 is 1.56 bits per heavy atom. The normalized spacial score (nSPS) is 18.8. The maximum absolute atomic E-state index is 13.0. The van der Waals surface area contributed by atoms with Crippen molar-refractivity contribution in [1.29, 1.82) is 0 Å². The van der Waals surface area contributed by atoms with Crippen LogP contribution in [0.5, 0.6) is 0 Å². The number of aliphatic carboxylic acids is 1. The summed E-state index contributed by atoms with van der Waals surface area (Å²) < 4.78 is 13.0. The van der Waals surface area contributed by atoms with Crippen molar-refractivity contribution in [2.24, 2.45) is 0 Å². The average molecular weight is 223 g/mol. The van der Waals surface area contributed by atoms with E-state index in [1.54, 1.807) is 7.05 Å². The monoisotopic (exact) mass is 223 g/mol. The van der Waals surface area contributed by atoms with Crippen LogP contribution in [-0.2, 0) is 9.59 Å². The zero-order valence-corrected chi connectivity index (χ0v) is 8.61. The molecule has 0 fully saturated rings. The topological polar surface area (TPSA) is 57.6 Å². The standard InChI is InChI=1S/C11H10FNO3/c1-13-9-3-2-6(12)4-7(9)8(11(13)16)5-10(14)15/h2-4,8H,5H2,1H3,(H,14,15)/t8-/m1/s1. The lowest BCUT2D eigenvalue weighted by molar-refractivity contribution is -0.139. The first-order chi connectivity index (χ1) is 7.50. The molecule has 5 heteroatoms. The third-order valence-electron chi connectivity index (χ3n) is 2.73.